The summed E-state index contributed by atoms with van der Waals surface area (Å²) in [7, 11) is 0. The van der Waals surface area contributed by atoms with Crippen LogP contribution in [-0.2, 0) is 12.3 Å². The van der Waals surface area contributed by atoms with E-state index in [2.05, 4.69) is 48.9 Å². The number of pyridine rings is 1. The normalized spacial score (nSPS) is 14.9. The Morgan fingerprint density at radius 2 is 1.72 bits per heavy atom. The molecule has 1 saturated heterocycles. The summed E-state index contributed by atoms with van der Waals surface area (Å²) < 4.78 is 2.19. The van der Waals surface area contributed by atoms with Crippen molar-refractivity contribution in [3.05, 3.63) is 66.2 Å². The maximum absolute atomic E-state index is 4.50. The minimum Gasteiger partial charge on any atom is -0.296 e. The molecular formula is C19H21N5S. The van der Waals surface area contributed by atoms with Crippen molar-refractivity contribution in [1.29, 1.82) is 0 Å². The molecule has 4 rings (SSSR count). The van der Waals surface area contributed by atoms with Crippen molar-refractivity contribution in [2.75, 3.05) is 13.1 Å². The van der Waals surface area contributed by atoms with Crippen molar-refractivity contribution < 1.29 is 0 Å². The summed E-state index contributed by atoms with van der Waals surface area (Å²) in [6.07, 6.45) is 4.39. The first-order chi connectivity index (χ1) is 12.4. The molecule has 1 aliphatic rings. The lowest BCUT2D eigenvalue weighted by molar-refractivity contribution is 0.319. The summed E-state index contributed by atoms with van der Waals surface area (Å²) in [5.41, 5.74) is 2.17. The number of hydrogen-bond donors (Lipinski definition) is 0. The number of benzene rings is 1. The number of likely N-dealkylation sites (tertiary alicyclic amines) is 1. The zero-order chi connectivity index (χ0) is 16.9. The molecule has 6 heteroatoms. The number of para-hydroxylation sites is 1. The molecule has 0 atom stereocenters. The third kappa shape index (κ3) is 3.91. The van der Waals surface area contributed by atoms with E-state index < -0.39 is 0 Å². The first-order valence-corrected chi connectivity index (χ1v) is 9.63. The van der Waals surface area contributed by atoms with Crippen LogP contribution in [0.25, 0.3) is 5.69 Å². The van der Waals surface area contributed by atoms with E-state index in [0.717, 1.165) is 47.7 Å². The molecule has 0 amide bonds. The van der Waals surface area contributed by atoms with Gasteiger partial charge in [0.2, 0.25) is 0 Å². The fourth-order valence-corrected chi connectivity index (χ4v) is 3.98. The molecule has 128 valence electrons. The van der Waals surface area contributed by atoms with E-state index >= 15 is 0 Å². The smallest absolute Gasteiger partial charge is 0.196 e. The number of hydrogen-bond acceptors (Lipinski definition) is 5. The largest absolute Gasteiger partial charge is 0.296 e. The molecule has 0 N–H and O–H groups in total. The van der Waals surface area contributed by atoms with Gasteiger partial charge in [0, 0.05) is 17.6 Å². The van der Waals surface area contributed by atoms with Crippen LogP contribution in [0.15, 0.2) is 59.9 Å². The van der Waals surface area contributed by atoms with Gasteiger partial charge in [-0.2, -0.15) is 0 Å². The SMILES string of the molecule is c1ccc(-n2c(CN3CCCC3)nnc2SCc2ccccn2)cc1. The van der Waals surface area contributed by atoms with Gasteiger partial charge in [-0.25, -0.2) is 0 Å². The van der Waals surface area contributed by atoms with Gasteiger partial charge in [-0.15, -0.1) is 10.2 Å². The molecule has 0 aliphatic carbocycles. The highest BCUT2D eigenvalue weighted by molar-refractivity contribution is 7.98. The van der Waals surface area contributed by atoms with Gasteiger partial charge in [-0.05, 0) is 50.2 Å². The number of rotatable bonds is 6. The monoisotopic (exact) mass is 351 g/mol. The summed E-state index contributed by atoms with van der Waals surface area (Å²) in [4.78, 5) is 6.85. The van der Waals surface area contributed by atoms with Crippen molar-refractivity contribution in [2.24, 2.45) is 0 Å². The van der Waals surface area contributed by atoms with Crippen LogP contribution in [0.1, 0.15) is 24.4 Å². The molecule has 2 aromatic heterocycles. The fraction of sp³-hybridized carbons (Fsp3) is 0.316. The predicted molar refractivity (Wildman–Crippen MR) is 99.7 cm³/mol. The van der Waals surface area contributed by atoms with Crippen LogP contribution >= 0.6 is 11.8 Å². The van der Waals surface area contributed by atoms with Crippen LogP contribution in [0.4, 0.5) is 0 Å². The Hall–Kier alpha value is -2.18. The van der Waals surface area contributed by atoms with E-state index in [4.69, 9.17) is 0 Å². The Bertz CT molecular complexity index is 797. The van der Waals surface area contributed by atoms with E-state index in [1.165, 1.54) is 12.8 Å². The summed E-state index contributed by atoms with van der Waals surface area (Å²) in [6, 6.07) is 16.4. The zero-order valence-corrected chi connectivity index (χ0v) is 14.9. The molecule has 0 radical (unpaired) electrons. The molecule has 0 unspecified atom stereocenters. The molecule has 1 aliphatic heterocycles. The van der Waals surface area contributed by atoms with E-state index in [1.807, 2.05) is 30.5 Å². The summed E-state index contributed by atoms with van der Waals surface area (Å²) >= 11 is 1.68. The molecule has 5 nitrogen and oxygen atoms in total. The molecule has 0 bridgehead atoms. The minimum atomic E-state index is 0.787. The zero-order valence-electron chi connectivity index (χ0n) is 14.1. The van der Waals surface area contributed by atoms with Crippen molar-refractivity contribution in [1.82, 2.24) is 24.6 Å². The Morgan fingerprint density at radius 1 is 0.920 bits per heavy atom. The summed E-state index contributed by atoms with van der Waals surface area (Å²) in [6.45, 7) is 3.15. The standard InChI is InChI=1S/C19H21N5S/c1-2-9-17(10-3-1)24-18(14-23-12-6-7-13-23)21-22-19(24)25-15-16-8-4-5-11-20-16/h1-5,8-11H,6-7,12-15H2. The first-order valence-electron chi connectivity index (χ1n) is 8.65. The van der Waals surface area contributed by atoms with Crippen molar-refractivity contribution in [3.8, 4) is 5.69 Å². The van der Waals surface area contributed by atoms with E-state index in [1.54, 1.807) is 11.8 Å². The second-order valence-corrected chi connectivity index (χ2v) is 7.11. The Labute approximate surface area is 152 Å². The second kappa shape index (κ2) is 7.80. The molecule has 0 saturated carbocycles. The van der Waals surface area contributed by atoms with Crippen LogP contribution in [0.5, 0.6) is 0 Å². The van der Waals surface area contributed by atoms with Crippen LogP contribution < -0.4 is 0 Å². The van der Waals surface area contributed by atoms with Gasteiger partial charge in [0.1, 0.15) is 0 Å². The Kier molecular flexibility index (Phi) is 5.09. The number of thioether (sulfide) groups is 1. The lowest BCUT2D eigenvalue weighted by Gasteiger charge is -2.15. The van der Waals surface area contributed by atoms with E-state index in [0.29, 0.717) is 0 Å². The van der Waals surface area contributed by atoms with Crippen LogP contribution in [0.2, 0.25) is 0 Å². The first kappa shape index (κ1) is 16.3. The highest BCUT2D eigenvalue weighted by Gasteiger charge is 2.19. The molecule has 25 heavy (non-hydrogen) atoms. The van der Waals surface area contributed by atoms with Gasteiger partial charge in [0.05, 0.1) is 12.2 Å². The van der Waals surface area contributed by atoms with Gasteiger partial charge >= 0.3 is 0 Å². The van der Waals surface area contributed by atoms with Crippen LogP contribution in [0, 0.1) is 0 Å². The minimum absolute atomic E-state index is 0.787. The molecule has 1 fully saturated rings. The highest BCUT2D eigenvalue weighted by Crippen LogP contribution is 2.25. The topological polar surface area (TPSA) is 46.8 Å². The van der Waals surface area contributed by atoms with E-state index in [9.17, 15) is 0 Å². The van der Waals surface area contributed by atoms with Gasteiger partial charge < -0.3 is 0 Å². The molecule has 3 heterocycles. The van der Waals surface area contributed by atoms with Gasteiger partial charge in [-0.1, -0.05) is 36.0 Å². The van der Waals surface area contributed by atoms with Gasteiger partial charge in [0.25, 0.3) is 0 Å². The lowest BCUT2D eigenvalue weighted by Crippen LogP contribution is -2.21. The maximum Gasteiger partial charge on any atom is 0.196 e. The molecular weight excluding hydrogens is 330 g/mol. The average Bonchev–Trinajstić information content (AvgIpc) is 3.32. The van der Waals surface area contributed by atoms with Crippen molar-refractivity contribution >= 4 is 11.8 Å². The third-order valence-electron chi connectivity index (χ3n) is 4.35. The maximum atomic E-state index is 4.50. The van der Waals surface area contributed by atoms with Gasteiger partial charge in [0.15, 0.2) is 11.0 Å². The highest BCUT2D eigenvalue weighted by atomic mass is 32.2. The number of nitrogens with zero attached hydrogens (tertiary/aromatic N) is 5. The van der Waals surface area contributed by atoms with Crippen molar-refractivity contribution in [3.63, 3.8) is 0 Å². The van der Waals surface area contributed by atoms with Crippen molar-refractivity contribution in [2.45, 2.75) is 30.3 Å². The second-order valence-electron chi connectivity index (χ2n) is 6.16. The lowest BCUT2D eigenvalue weighted by atomic mass is 10.3. The van der Waals surface area contributed by atoms with Crippen LogP contribution in [0.3, 0.4) is 0 Å². The molecule has 3 aromatic rings. The van der Waals surface area contributed by atoms with Crippen LogP contribution in [-0.4, -0.2) is 37.7 Å². The predicted octanol–water partition coefficient (Wildman–Crippen LogP) is 3.55. The third-order valence-corrected chi connectivity index (χ3v) is 5.32. The Balaban J connectivity index is 1.60. The van der Waals surface area contributed by atoms with E-state index in [-0.39, 0.29) is 0 Å². The fourth-order valence-electron chi connectivity index (χ4n) is 3.10. The van der Waals surface area contributed by atoms with Gasteiger partial charge in [-0.3, -0.25) is 14.5 Å². The average molecular weight is 351 g/mol. The summed E-state index contributed by atoms with van der Waals surface area (Å²) in [5, 5.41) is 9.89. The number of aromatic nitrogens is 4. The molecule has 1 aromatic carbocycles. The Morgan fingerprint density at radius 3 is 2.48 bits per heavy atom. The summed E-state index contributed by atoms with van der Waals surface area (Å²) in [5.74, 6) is 1.80. The molecule has 0 spiro atoms. The quantitative estimate of drug-likeness (QED) is 0.636.